The SMILES string of the molecule is CC(C=C[N+](=O)[O-])=Cc1ccccc1. The molecule has 0 aromatic heterocycles. The molecule has 0 aliphatic heterocycles. The zero-order valence-electron chi connectivity index (χ0n) is 7.88. The Labute approximate surface area is 82.5 Å². The molecule has 3 heteroatoms. The van der Waals surface area contributed by atoms with Crippen molar-refractivity contribution in [2.24, 2.45) is 0 Å². The lowest BCUT2D eigenvalue weighted by Gasteiger charge is -1.92. The van der Waals surface area contributed by atoms with E-state index < -0.39 is 4.92 Å². The summed E-state index contributed by atoms with van der Waals surface area (Å²) < 4.78 is 0. The quantitative estimate of drug-likeness (QED) is 0.417. The normalized spacial score (nSPS) is 11.9. The van der Waals surface area contributed by atoms with Gasteiger partial charge in [0.15, 0.2) is 0 Å². The second-order valence-corrected chi connectivity index (χ2v) is 2.90. The van der Waals surface area contributed by atoms with Gasteiger partial charge in [0, 0.05) is 6.08 Å². The molecule has 0 aliphatic rings. The minimum absolute atomic E-state index is 0.470. The van der Waals surface area contributed by atoms with Crippen LogP contribution < -0.4 is 0 Å². The molecular formula is C11H11NO2. The fourth-order valence-corrected chi connectivity index (χ4v) is 1.04. The molecule has 0 atom stereocenters. The third-order valence-electron chi connectivity index (χ3n) is 1.65. The van der Waals surface area contributed by atoms with E-state index in [1.54, 1.807) is 0 Å². The maximum atomic E-state index is 10.0. The van der Waals surface area contributed by atoms with Crippen LogP contribution in [0.5, 0.6) is 0 Å². The number of nitrogens with zero attached hydrogens (tertiary/aromatic N) is 1. The molecule has 72 valence electrons. The Bertz CT molecular complexity index is 366. The first-order valence-corrected chi connectivity index (χ1v) is 4.23. The summed E-state index contributed by atoms with van der Waals surface area (Å²) in [6.07, 6.45) is 4.31. The molecule has 1 aromatic carbocycles. The number of hydrogen-bond acceptors (Lipinski definition) is 2. The predicted octanol–water partition coefficient (Wildman–Crippen LogP) is 2.88. The van der Waals surface area contributed by atoms with Gasteiger partial charge in [-0.15, -0.1) is 0 Å². The molecule has 0 saturated carbocycles. The lowest BCUT2D eigenvalue weighted by atomic mass is 10.1. The number of rotatable bonds is 3. The van der Waals surface area contributed by atoms with Crippen molar-refractivity contribution in [1.82, 2.24) is 0 Å². The fourth-order valence-electron chi connectivity index (χ4n) is 1.04. The summed E-state index contributed by atoms with van der Waals surface area (Å²) in [5.74, 6) is 0. The van der Waals surface area contributed by atoms with Gasteiger partial charge in [-0.3, -0.25) is 10.1 Å². The molecule has 0 aliphatic carbocycles. The first kappa shape index (κ1) is 10.2. The number of nitro groups is 1. The van der Waals surface area contributed by atoms with Crippen molar-refractivity contribution in [3.8, 4) is 0 Å². The van der Waals surface area contributed by atoms with Gasteiger partial charge in [-0.05, 0) is 18.1 Å². The highest BCUT2D eigenvalue weighted by Crippen LogP contribution is 2.06. The molecule has 1 rings (SSSR count). The van der Waals surface area contributed by atoms with E-state index in [1.165, 1.54) is 6.08 Å². The van der Waals surface area contributed by atoms with Gasteiger partial charge in [0.2, 0.25) is 6.20 Å². The minimum Gasteiger partial charge on any atom is -0.259 e. The molecule has 0 spiro atoms. The van der Waals surface area contributed by atoms with E-state index >= 15 is 0 Å². The lowest BCUT2D eigenvalue weighted by Crippen LogP contribution is -1.82. The molecule has 0 saturated heterocycles. The molecule has 14 heavy (non-hydrogen) atoms. The van der Waals surface area contributed by atoms with E-state index in [9.17, 15) is 10.1 Å². The van der Waals surface area contributed by atoms with Gasteiger partial charge in [-0.25, -0.2) is 0 Å². The summed E-state index contributed by atoms with van der Waals surface area (Å²) in [5, 5.41) is 10.0. The van der Waals surface area contributed by atoms with E-state index in [2.05, 4.69) is 0 Å². The molecule has 0 fully saturated rings. The van der Waals surface area contributed by atoms with Crippen molar-refractivity contribution < 1.29 is 4.92 Å². The van der Waals surface area contributed by atoms with Crippen molar-refractivity contribution in [2.45, 2.75) is 6.92 Å². The van der Waals surface area contributed by atoms with Gasteiger partial charge in [0.25, 0.3) is 0 Å². The van der Waals surface area contributed by atoms with Crippen molar-refractivity contribution >= 4 is 6.08 Å². The van der Waals surface area contributed by atoms with Gasteiger partial charge in [-0.2, -0.15) is 0 Å². The van der Waals surface area contributed by atoms with E-state index in [0.717, 1.165) is 17.3 Å². The lowest BCUT2D eigenvalue weighted by molar-refractivity contribution is -0.402. The van der Waals surface area contributed by atoms with Gasteiger partial charge in [0.1, 0.15) is 0 Å². The number of benzene rings is 1. The zero-order chi connectivity index (χ0) is 10.4. The third-order valence-corrected chi connectivity index (χ3v) is 1.65. The number of hydrogen-bond donors (Lipinski definition) is 0. The summed E-state index contributed by atoms with van der Waals surface area (Å²) in [7, 11) is 0. The van der Waals surface area contributed by atoms with Crippen LogP contribution >= 0.6 is 0 Å². The summed E-state index contributed by atoms with van der Waals surface area (Å²) in [6.45, 7) is 1.83. The molecule has 0 amide bonds. The summed E-state index contributed by atoms with van der Waals surface area (Å²) in [5.41, 5.74) is 1.89. The Balaban J connectivity index is 2.74. The molecule has 1 aromatic rings. The first-order chi connectivity index (χ1) is 6.68. The first-order valence-electron chi connectivity index (χ1n) is 4.23. The largest absolute Gasteiger partial charge is 0.259 e. The average Bonchev–Trinajstić information content (AvgIpc) is 2.16. The van der Waals surface area contributed by atoms with E-state index in [0.29, 0.717) is 0 Å². The molecule has 0 radical (unpaired) electrons. The second-order valence-electron chi connectivity index (χ2n) is 2.90. The van der Waals surface area contributed by atoms with Crippen molar-refractivity contribution in [2.75, 3.05) is 0 Å². The topological polar surface area (TPSA) is 43.1 Å². The van der Waals surface area contributed by atoms with Crippen molar-refractivity contribution in [3.05, 3.63) is 63.9 Å². The van der Waals surface area contributed by atoms with E-state index in [4.69, 9.17) is 0 Å². The summed E-state index contributed by atoms with van der Waals surface area (Å²) >= 11 is 0. The molecule has 0 N–H and O–H groups in total. The van der Waals surface area contributed by atoms with Gasteiger partial charge >= 0.3 is 0 Å². The van der Waals surface area contributed by atoms with Crippen LogP contribution in [0.15, 0.2) is 48.2 Å². The van der Waals surface area contributed by atoms with Crippen LogP contribution in [0.2, 0.25) is 0 Å². The van der Waals surface area contributed by atoms with Crippen LogP contribution in [0.1, 0.15) is 12.5 Å². The highest BCUT2D eigenvalue weighted by molar-refractivity contribution is 5.54. The average molecular weight is 189 g/mol. The molecule has 0 bridgehead atoms. The Hall–Kier alpha value is -1.90. The monoisotopic (exact) mass is 189 g/mol. The highest BCUT2D eigenvalue weighted by atomic mass is 16.6. The van der Waals surface area contributed by atoms with Crippen LogP contribution in [-0.2, 0) is 0 Å². The summed E-state index contributed by atoms with van der Waals surface area (Å²) in [4.78, 5) is 9.58. The van der Waals surface area contributed by atoms with Crippen LogP contribution in [-0.4, -0.2) is 4.92 Å². The fraction of sp³-hybridized carbons (Fsp3) is 0.0909. The predicted molar refractivity (Wildman–Crippen MR) is 56.2 cm³/mol. The standard InChI is InChI=1S/C11H11NO2/c1-10(7-8-12(13)14)9-11-5-3-2-4-6-11/h2-9H,1H3. The van der Waals surface area contributed by atoms with Crippen LogP contribution in [0.25, 0.3) is 6.08 Å². The van der Waals surface area contributed by atoms with Gasteiger partial charge in [0.05, 0.1) is 4.92 Å². The summed E-state index contributed by atoms with van der Waals surface area (Å²) in [6, 6.07) is 9.68. The maximum absolute atomic E-state index is 10.0. The number of allylic oxidation sites excluding steroid dienone is 2. The Kier molecular flexibility index (Phi) is 3.61. The Morgan fingerprint density at radius 2 is 2.00 bits per heavy atom. The van der Waals surface area contributed by atoms with Gasteiger partial charge in [-0.1, -0.05) is 36.4 Å². The van der Waals surface area contributed by atoms with Crippen LogP contribution in [0.4, 0.5) is 0 Å². The second kappa shape index (κ2) is 4.97. The van der Waals surface area contributed by atoms with Crippen LogP contribution in [0.3, 0.4) is 0 Å². The maximum Gasteiger partial charge on any atom is 0.234 e. The van der Waals surface area contributed by atoms with Crippen molar-refractivity contribution in [1.29, 1.82) is 0 Å². The van der Waals surface area contributed by atoms with E-state index in [-0.39, 0.29) is 0 Å². The highest BCUT2D eigenvalue weighted by Gasteiger charge is 1.89. The van der Waals surface area contributed by atoms with E-state index in [1.807, 2.05) is 43.3 Å². The molecule has 3 nitrogen and oxygen atoms in total. The van der Waals surface area contributed by atoms with Crippen molar-refractivity contribution in [3.63, 3.8) is 0 Å². The zero-order valence-corrected chi connectivity index (χ0v) is 7.88. The Morgan fingerprint density at radius 1 is 1.36 bits per heavy atom. The van der Waals surface area contributed by atoms with Crippen LogP contribution in [0, 0.1) is 10.1 Å². The minimum atomic E-state index is -0.470. The molecular weight excluding hydrogens is 178 g/mol. The van der Waals surface area contributed by atoms with Gasteiger partial charge < -0.3 is 0 Å². The third kappa shape index (κ3) is 3.67. The molecule has 0 heterocycles. The Morgan fingerprint density at radius 3 is 2.57 bits per heavy atom. The smallest absolute Gasteiger partial charge is 0.234 e. The molecule has 0 unspecified atom stereocenters.